The first-order valence-corrected chi connectivity index (χ1v) is 8.86. The van der Waals surface area contributed by atoms with Crippen LogP contribution in [-0.2, 0) is 0 Å². The van der Waals surface area contributed by atoms with Gasteiger partial charge in [0.2, 0.25) is 5.78 Å². The Hall–Kier alpha value is -4.13. The summed E-state index contributed by atoms with van der Waals surface area (Å²) in [4.78, 5) is 29.4. The second-order valence-electron chi connectivity index (χ2n) is 6.57. The number of benzene rings is 3. The minimum absolute atomic E-state index is 0.193. The maximum absolute atomic E-state index is 13.2. The van der Waals surface area contributed by atoms with Crippen molar-refractivity contribution in [2.75, 3.05) is 0 Å². The first kappa shape index (κ1) is 17.0. The number of Topliss-reactive ketones (excluding diaryl/α,β-unsaturated/α-hetero) is 1. The number of aromatic nitrogens is 2. The number of nitrogens with one attached hydrogen (secondary N) is 1. The third kappa shape index (κ3) is 2.71. The van der Waals surface area contributed by atoms with Crippen molar-refractivity contribution >= 4 is 28.2 Å². The number of nitrogens with zero attached hydrogens (tertiary/aromatic N) is 3. The van der Waals surface area contributed by atoms with Gasteiger partial charge < -0.3 is 0 Å². The summed E-state index contributed by atoms with van der Waals surface area (Å²) >= 11 is 0. The summed E-state index contributed by atoms with van der Waals surface area (Å²) in [5.41, 5.74) is 4.69. The van der Waals surface area contributed by atoms with Crippen LogP contribution < -0.4 is 5.43 Å². The molecule has 4 aromatic rings. The van der Waals surface area contributed by atoms with Crippen LogP contribution in [0.3, 0.4) is 0 Å². The molecule has 1 aliphatic carbocycles. The predicted molar refractivity (Wildman–Crippen MR) is 106 cm³/mol. The quantitative estimate of drug-likeness (QED) is 0.550. The van der Waals surface area contributed by atoms with Gasteiger partial charge in [-0.2, -0.15) is 5.10 Å². The maximum atomic E-state index is 13.2. The van der Waals surface area contributed by atoms with Gasteiger partial charge in [-0.25, -0.2) is 14.8 Å². The molecule has 0 saturated heterocycles. The van der Waals surface area contributed by atoms with Gasteiger partial charge in [0, 0.05) is 22.2 Å². The Morgan fingerprint density at radius 2 is 1.72 bits per heavy atom. The number of rotatable bonds is 3. The van der Waals surface area contributed by atoms with Crippen molar-refractivity contribution in [3.8, 4) is 5.69 Å². The molecule has 1 heterocycles. The molecule has 1 aliphatic rings. The summed E-state index contributed by atoms with van der Waals surface area (Å²) in [7, 11) is 0. The van der Waals surface area contributed by atoms with Crippen LogP contribution in [0.5, 0.6) is 0 Å². The fourth-order valence-electron chi connectivity index (χ4n) is 3.52. The highest BCUT2D eigenvalue weighted by molar-refractivity contribution is 6.59. The molecule has 6 nitrogen and oxygen atoms in total. The lowest BCUT2D eigenvalue weighted by atomic mass is 10.1. The second kappa shape index (κ2) is 6.49. The Morgan fingerprint density at radius 1 is 1.00 bits per heavy atom. The Balaban J connectivity index is 1.47. The SMILES string of the molecule is O=C1/C(=N/NC(=O)c2cncn2-c2ccc(F)cc2)c2cccc3cccc1c23. The molecule has 140 valence electrons. The maximum Gasteiger partial charge on any atom is 0.290 e. The van der Waals surface area contributed by atoms with E-state index in [1.54, 1.807) is 6.07 Å². The van der Waals surface area contributed by atoms with Crippen molar-refractivity contribution in [2.24, 2.45) is 5.10 Å². The molecule has 7 heteroatoms. The van der Waals surface area contributed by atoms with E-state index in [9.17, 15) is 14.0 Å². The highest BCUT2D eigenvalue weighted by atomic mass is 19.1. The van der Waals surface area contributed by atoms with E-state index in [-0.39, 0.29) is 23.0 Å². The summed E-state index contributed by atoms with van der Waals surface area (Å²) < 4.78 is 14.7. The number of imidazole rings is 1. The standard InChI is InChI=1S/C22H13FN4O2/c23-14-7-9-15(10-8-14)27-12-24-11-18(27)22(29)26-25-20-16-5-1-3-13-4-2-6-17(19(13)16)21(20)28/h1-12H,(H,26,29)/b25-20+. The average Bonchev–Trinajstić information content (AvgIpc) is 3.33. The van der Waals surface area contributed by atoms with E-state index in [1.807, 2.05) is 30.3 Å². The van der Waals surface area contributed by atoms with Crippen LogP contribution in [0, 0.1) is 5.82 Å². The van der Waals surface area contributed by atoms with Crippen LogP contribution in [0.15, 0.2) is 78.3 Å². The summed E-state index contributed by atoms with van der Waals surface area (Å²) in [6.45, 7) is 0. The highest BCUT2D eigenvalue weighted by Crippen LogP contribution is 2.30. The van der Waals surface area contributed by atoms with Gasteiger partial charge in [0.05, 0.1) is 12.5 Å². The smallest absolute Gasteiger partial charge is 0.290 e. The molecule has 0 unspecified atom stereocenters. The fourth-order valence-corrected chi connectivity index (χ4v) is 3.52. The normalized spacial score (nSPS) is 14.0. The second-order valence-corrected chi connectivity index (χ2v) is 6.57. The lowest BCUT2D eigenvalue weighted by molar-refractivity contribution is 0.0948. The van der Waals surface area contributed by atoms with Gasteiger partial charge in [0.15, 0.2) is 0 Å². The zero-order valence-electron chi connectivity index (χ0n) is 15.0. The molecule has 0 atom stereocenters. The van der Waals surface area contributed by atoms with Gasteiger partial charge in [-0.05, 0) is 29.7 Å². The number of hydrogen-bond donors (Lipinski definition) is 1. The van der Waals surface area contributed by atoms with Crippen molar-refractivity contribution in [1.82, 2.24) is 15.0 Å². The van der Waals surface area contributed by atoms with E-state index in [0.717, 1.165) is 10.8 Å². The molecule has 1 N–H and O–H groups in total. The van der Waals surface area contributed by atoms with E-state index in [1.165, 1.54) is 41.4 Å². The Bertz CT molecular complexity index is 1320. The van der Waals surface area contributed by atoms with E-state index >= 15 is 0 Å². The van der Waals surface area contributed by atoms with Crippen molar-refractivity contribution in [3.05, 3.63) is 95.8 Å². The van der Waals surface area contributed by atoms with Crippen LogP contribution >= 0.6 is 0 Å². The molecule has 0 radical (unpaired) electrons. The highest BCUT2D eigenvalue weighted by Gasteiger charge is 2.29. The van der Waals surface area contributed by atoms with Crippen molar-refractivity contribution < 1.29 is 14.0 Å². The van der Waals surface area contributed by atoms with Crippen LogP contribution in [0.1, 0.15) is 26.4 Å². The fraction of sp³-hybridized carbons (Fsp3) is 0. The average molecular weight is 384 g/mol. The minimum Gasteiger partial charge on any atom is -0.295 e. The molecule has 0 bridgehead atoms. The number of hydrazone groups is 1. The number of halogens is 1. The molecule has 0 spiro atoms. The lowest BCUT2D eigenvalue weighted by Gasteiger charge is -2.07. The van der Waals surface area contributed by atoms with E-state index in [2.05, 4.69) is 15.5 Å². The van der Waals surface area contributed by atoms with Gasteiger partial charge >= 0.3 is 0 Å². The van der Waals surface area contributed by atoms with Crippen LogP contribution in [0.2, 0.25) is 0 Å². The first-order valence-electron chi connectivity index (χ1n) is 8.86. The van der Waals surface area contributed by atoms with Gasteiger partial charge in [-0.3, -0.25) is 14.2 Å². The first-order chi connectivity index (χ1) is 14.1. The monoisotopic (exact) mass is 384 g/mol. The van der Waals surface area contributed by atoms with Crippen LogP contribution in [0.25, 0.3) is 16.5 Å². The van der Waals surface area contributed by atoms with Gasteiger partial charge in [0.25, 0.3) is 5.91 Å². The molecule has 0 saturated carbocycles. The third-order valence-electron chi connectivity index (χ3n) is 4.86. The Morgan fingerprint density at radius 3 is 2.48 bits per heavy atom. The third-order valence-corrected chi connectivity index (χ3v) is 4.86. The van der Waals surface area contributed by atoms with Crippen LogP contribution in [-0.4, -0.2) is 27.0 Å². The van der Waals surface area contributed by atoms with Crippen molar-refractivity contribution in [3.63, 3.8) is 0 Å². The molecule has 1 amide bonds. The Kier molecular flexibility index (Phi) is 3.80. The molecule has 0 aliphatic heterocycles. The number of ketones is 1. The molecular weight excluding hydrogens is 371 g/mol. The largest absolute Gasteiger partial charge is 0.295 e. The summed E-state index contributed by atoms with van der Waals surface area (Å²) in [5.74, 6) is -1.14. The Labute approximate surface area is 164 Å². The molecule has 5 rings (SSSR count). The van der Waals surface area contributed by atoms with E-state index < -0.39 is 5.91 Å². The summed E-state index contributed by atoms with van der Waals surface area (Å²) in [6.07, 6.45) is 2.83. The van der Waals surface area contributed by atoms with Gasteiger partial charge in [-0.1, -0.05) is 36.4 Å². The topological polar surface area (TPSA) is 76.3 Å². The molecule has 1 aromatic heterocycles. The van der Waals surface area contributed by atoms with Crippen LogP contribution in [0.4, 0.5) is 4.39 Å². The zero-order valence-corrected chi connectivity index (χ0v) is 15.0. The minimum atomic E-state index is -0.532. The van der Waals surface area contributed by atoms with Crippen molar-refractivity contribution in [2.45, 2.75) is 0 Å². The number of amides is 1. The van der Waals surface area contributed by atoms with Gasteiger partial charge in [0.1, 0.15) is 17.2 Å². The molecule has 29 heavy (non-hydrogen) atoms. The number of hydrogen-bond acceptors (Lipinski definition) is 4. The number of carbonyl (C=O) groups is 2. The lowest BCUT2D eigenvalue weighted by Crippen LogP contribution is -2.24. The van der Waals surface area contributed by atoms with Crippen molar-refractivity contribution in [1.29, 1.82) is 0 Å². The zero-order chi connectivity index (χ0) is 20.0. The summed E-state index contributed by atoms with van der Waals surface area (Å²) in [5, 5.41) is 5.90. The predicted octanol–water partition coefficient (Wildman–Crippen LogP) is 3.50. The van der Waals surface area contributed by atoms with E-state index in [4.69, 9.17) is 0 Å². The molecule has 3 aromatic carbocycles. The number of carbonyl (C=O) groups excluding carboxylic acids is 2. The molecule has 0 fully saturated rings. The van der Waals surface area contributed by atoms with E-state index in [0.29, 0.717) is 16.8 Å². The summed E-state index contributed by atoms with van der Waals surface area (Å²) in [6, 6.07) is 16.8. The van der Waals surface area contributed by atoms with Gasteiger partial charge in [-0.15, -0.1) is 0 Å². The molecular formula is C22H13FN4O2.